The van der Waals surface area contributed by atoms with E-state index in [1.54, 1.807) is 0 Å². The van der Waals surface area contributed by atoms with E-state index in [1.165, 1.54) is 116 Å². The van der Waals surface area contributed by atoms with Crippen LogP contribution in [0.2, 0.25) is 0 Å². The molecular weight excluding hydrogens is 512 g/mol. The van der Waals surface area contributed by atoms with Gasteiger partial charge in [0.05, 0.1) is 6.61 Å². The standard InChI is InChI=1S/C36H68O5/c1-3-5-7-9-11-13-15-17-19-20-22-24-26-28-30-35(38)40-33-34(32-37)41-36(39)31-29-27-25-23-21-18-16-14-12-10-8-6-4-2/h14,16,34,37H,3-13,15,17-33H2,1-2H3/b16-14-. The fraction of sp³-hybridized carbons (Fsp3) is 0.889. The van der Waals surface area contributed by atoms with Crippen molar-refractivity contribution in [2.75, 3.05) is 13.2 Å². The van der Waals surface area contributed by atoms with Gasteiger partial charge >= 0.3 is 11.9 Å². The van der Waals surface area contributed by atoms with E-state index in [0.29, 0.717) is 12.8 Å². The molecule has 41 heavy (non-hydrogen) atoms. The maximum absolute atomic E-state index is 12.1. The summed E-state index contributed by atoms with van der Waals surface area (Å²) in [5.74, 6) is -0.595. The molecule has 0 radical (unpaired) electrons. The van der Waals surface area contributed by atoms with Crippen molar-refractivity contribution >= 4 is 11.9 Å². The Kier molecular flexibility index (Phi) is 32.0. The van der Waals surface area contributed by atoms with Crippen LogP contribution >= 0.6 is 0 Å². The third-order valence-electron chi connectivity index (χ3n) is 7.81. The summed E-state index contributed by atoms with van der Waals surface area (Å²) in [7, 11) is 0. The monoisotopic (exact) mass is 581 g/mol. The molecule has 0 saturated heterocycles. The number of aliphatic hydroxyl groups is 1. The summed E-state index contributed by atoms with van der Waals surface area (Å²) in [5.41, 5.74) is 0. The fourth-order valence-electron chi connectivity index (χ4n) is 5.08. The predicted molar refractivity (Wildman–Crippen MR) is 173 cm³/mol. The van der Waals surface area contributed by atoms with Crippen LogP contribution in [0.15, 0.2) is 12.2 Å². The lowest BCUT2D eigenvalue weighted by Crippen LogP contribution is -2.28. The van der Waals surface area contributed by atoms with Gasteiger partial charge in [0.2, 0.25) is 0 Å². The molecule has 0 aliphatic carbocycles. The third kappa shape index (κ3) is 31.4. The molecule has 1 atom stereocenters. The summed E-state index contributed by atoms with van der Waals surface area (Å²) in [6.07, 6.45) is 35.5. The SMILES string of the molecule is CCCCCC/C=C\CCCCCCCC(=O)OC(CO)COC(=O)CCCCCCCCCCCCCCCC. The maximum atomic E-state index is 12.1. The molecule has 0 fully saturated rings. The lowest BCUT2D eigenvalue weighted by Gasteiger charge is -2.15. The van der Waals surface area contributed by atoms with Gasteiger partial charge in [-0.05, 0) is 38.5 Å². The highest BCUT2D eigenvalue weighted by molar-refractivity contribution is 5.70. The Balaban J connectivity index is 3.55. The molecule has 0 rings (SSSR count). The van der Waals surface area contributed by atoms with Crippen molar-refractivity contribution in [2.45, 2.75) is 193 Å². The van der Waals surface area contributed by atoms with Crippen LogP contribution in [0, 0.1) is 0 Å². The molecule has 0 aromatic heterocycles. The largest absolute Gasteiger partial charge is 0.462 e. The number of allylic oxidation sites excluding steroid dienone is 2. The molecule has 0 heterocycles. The lowest BCUT2D eigenvalue weighted by molar-refractivity contribution is -0.161. The number of rotatable bonds is 32. The van der Waals surface area contributed by atoms with E-state index in [4.69, 9.17) is 9.47 Å². The molecule has 1 unspecified atom stereocenters. The number of ether oxygens (including phenoxy) is 2. The summed E-state index contributed by atoms with van der Waals surface area (Å²) in [5, 5.41) is 9.51. The van der Waals surface area contributed by atoms with Gasteiger partial charge in [0.1, 0.15) is 6.61 Å². The second-order valence-electron chi connectivity index (χ2n) is 12.0. The summed E-state index contributed by atoms with van der Waals surface area (Å²) in [6, 6.07) is 0. The normalized spacial score (nSPS) is 12.2. The van der Waals surface area contributed by atoms with Gasteiger partial charge in [-0.3, -0.25) is 9.59 Å². The number of hydrogen-bond acceptors (Lipinski definition) is 5. The first-order valence-electron chi connectivity index (χ1n) is 17.7. The Hall–Kier alpha value is -1.36. The smallest absolute Gasteiger partial charge is 0.306 e. The molecule has 5 nitrogen and oxygen atoms in total. The molecule has 242 valence electrons. The van der Waals surface area contributed by atoms with E-state index >= 15 is 0 Å². The second-order valence-corrected chi connectivity index (χ2v) is 12.0. The zero-order chi connectivity index (χ0) is 30.1. The van der Waals surface area contributed by atoms with Gasteiger partial charge in [-0.25, -0.2) is 0 Å². The Morgan fingerprint density at radius 1 is 0.537 bits per heavy atom. The molecule has 0 aliphatic rings. The van der Waals surface area contributed by atoms with Gasteiger partial charge in [0, 0.05) is 12.8 Å². The average molecular weight is 581 g/mol. The molecule has 0 aromatic carbocycles. The molecule has 5 heteroatoms. The van der Waals surface area contributed by atoms with Crippen LogP contribution < -0.4 is 0 Å². The van der Waals surface area contributed by atoms with Crippen molar-refractivity contribution < 1.29 is 24.2 Å². The maximum Gasteiger partial charge on any atom is 0.306 e. The zero-order valence-electron chi connectivity index (χ0n) is 27.3. The van der Waals surface area contributed by atoms with Gasteiger partial charge in [0.15, 0.2) is 6.10 Å². The summed E-state index contributed by atoms with van der Waals surface area (Å²) < 4.78 is 10.6. The lowest BCUT2D eigenvalue weighted by atomic mass is 10.0. The Bertz CT molecular complexity index is 589. The van der Waals surface area contributed by atoms with Crippen LogP contribution in [0.3, 0.4) is 0 Å². The predicted octanol–water partition coefficient (Wildman–Crippen LogP) is 10.6. The number of carbonyl (C=O) groups is 2. The highest BCUT2D eigenvalue weighted by Gasteiger charge is 2.16. The minimum atomic E-state index is -0.767. The fourth-order valence-corrected chi connectivity index (χ4v) is 5.08. The number of carbonyl (C=O) groups excluding carboxylic acids is 2. The molecule has 0 saturated carbocycles. The van der Waals surface area contributed by atoms with Crippen LogP contribution in [-0.2, 0) is 19.1 Å². The topological polar surface area (TPSA) is 72.8 Å². The third-order valence-corrected chi connectivity index (χ3v) is 7.81. The number of aliphatic hydroxyl groups excluding tert-OH is 1. The molecular formula is C36H68O5. The molecule has 1 N–H and O–H groups in total. The highest BCUT2D eigenvalue weighted by atomic mass is 16.6. The van der Waals surface area contributed by atoms with Crippen molar-refractivity contribution in [1.29, 1.82) is 0 Å². The molecule has 0 bridgehead atoms. The van der Waals surface area contributed by atoms with Gasteiger partial charge in [-0.15, -0.1) is 0 Å². The summed E-state index contributed by atoms with van der Waals surface area (Å²) in [4.78, 5) is 24.1. The van der Waals surface area contributed by atoms with E-state index in [0.717, 1.165) is 44.9 Å². The van der Waals surface area contributed by atoms with Gasteiger partial charge in [0.25, 0.3) is 0 Å². The van der Waals surface area contributed by atoms with Gasteiger partial charge in [-0.1, -0.05) is 148 Å². The van der Waals surface area contributed by atoms with Gasteiger partial charge in [-0.2, -0.15) is 0 Å². The van der Waals surface area contributed by atoms with Crippen LogP contribution in [0.5, 0.6) is 0 Å². The first-order valence-corrected chi connectivity index (χ1v) is 17.7. The minimum absolute atomic E-state index is 0.0637. The van der Waals surface area contributed by atoms with E-state index < -0.39 is 6.10 Å². The van der Waals surface area contributed by atoms with Crippen molar-refractivity contribution in [3.63, 3.8) is 0 Å². The first kappa shape index (κ1) is 39.6. The average Bonchev–Trinajstić information content (AvgIpc) is 2.97. The van der Waals surface area contributed by atoms with Crippen molar-refractivity contribution in [2.24, 2.45) is 0 Å². The molecule has 0 aromatic rings. The van der Waals surface area contributed by atoms with Crippen LogP contribution in [0.1, 0.15) is 187 Å². The summed E-state index contributed by atoms with van der Waals surface area (Å²) in [6.45, 7) is 4.11. The van der Waals surface area contributed by atoms with E-state index in [9.17, 15) is 14.7 Å². The van der Waals surface area contributed by atoms with Crippen molar-refractivity contribution in [3.05, 3.63) is 12.2 Å². The summed E-state index contributed by atoms with van der Waals surface area (Å²) >= 11 is 0. The van der Waals surface area contributed by atoms with E-state index in [-0.39, 0.29) is 25.2 Å². The van der Waals surface area contributed by atoms with Crippen LogP contribution in [-0.4, -0.2) is 36.4 Å². The number of esters is 2. The van der Waals surface area contributed by atoms with Gasteiger partial charge < -0.3 is 14.6 Å². The Morgan fingerprint density at radius 3 is 1.34 bits per heavy atom. The van der Waals surface area contributed by atoms with Crippen LogP contribution in [0.25, 0.3) is 0 Å². The molecule has 0 spiro atoms. The number of unbranched alkanes of at least 4 members (excludes halogenated alkanes) is 22. The van der Waals surface area contributed by atoms with Crippen molar-refractivity contribution in [3.8, 4) is 0 Å². The highest BCUT2D eigenvalue weighted by Crippen LogP contribution is 2.14. The Labute approximate surface area is 254 Å². The second kappa shape index (κ2) is 33.1. The first-order chi connectivity index (χ1) is 20.1. The zero-order valence-corrected chi connectivity index (χ0v) is 27.3. The molecule has 0 amide bonds. The number of hydrogen-bond donors (Lipinski definition) is 1. The molecule has 0 aliphatic heterocycles. The van der Waals surface area contributed by atoms with E-state index in [2.05, 4.69) is 26.0 Å². The minimum Gasteiger partial charge on any atom is -0.462 e. The quantitative estimate of drug-likeness (QED) is 0.0487. The van der Waals surface area contributed by atoms with Crippen molar-refractivity contribution in [1.82, 2.24) is 0 Å². The Morgan fingerprint density at radius 2 is 0.902 bits per heavy atom. The van der Waals surface area contributed by atoms with E-state index in [1.807, 2.05) is 0 Å². The van der Waals surface area contributed by atoms with Crippen LogP contribution in [0.4, 0.5) is 0 Å².